The Hall–Kier alpha value is -2.07. The first-order valence-corrected chi connectivity index (χ1v) is 9.26. The van der Waals surface area contributed by atoms with Gasteiger partial charge >= 0.3 is 0 Å². The van der Waals surface area contributed by atoms with Gasteiger partial charge in [0.2, 0.25) is 0 Å². The predicted molar refractivity (Wildman–Crippen MR) is 101 cm³/mol. The van der Waals surface area contributed by atoms with Gasteiger partial charge in [0.1, 0.15) is 11.3 Å². The lowest BCUT2D eigenvalue weighted by atomic mass is 10.1. The molecule has 0 aliphatic heterocycles. The Bertz CT molecular complexity index is 851. The first-order valence-electron chi connectivity index (χ1n) is 8.03. The van der Waals surface area contributed by atoms with E-state index in [1.165, 1.54) is 10.9 Å². The molecule has 0 saturated carbocycles. The average Bonchev–Trinajstić information content (AvgIpc) is 2.99. The quantitative estimate of drug-likeness (QED) is 0.531. The number of ether oxygens (including phenoxy) is 2. The average molecular weight is 342 g/mol. The summed E-state index contributed by atoms with van der Waals surface area (Å²) in [6, 6.07) is 12.4. The number of hydrogen-bond donors (Lipinski definition) is 0. The fourth-order valence-corrected chi connectivity index (χ4v) is 3.66. The SMILES string of the molecule is CCCc1ccc2oc(-c3ccc(OC)c(OC)c3)c(SC)c2c1. The maximum atomic E-state index is 6.17. The smallest absolute Gasteiger partial charge is 0.161 e. The Kier molecular flexibility index (Phi) is 5.05. The Morgan fingerprint density at radius 1 is 1.00 bits per heavy atom. The highest BCUT2D eigenvalue weighted by Gasteiger charge is 2.17. The van der Waals surface area contributed by atoms with Gasteiger partial charge in [0.05, 0.1) is 19.1 Å². The van der Waals surface area contributed by atoms with Crippen LogP contribution in [0.15, 0.2) is 45.7 Å². The van der Waals surface area contributed by atoms with Crippen LogP contribution in [0.4, 0.5) is 0 Å². The second-order valence-corrected chi connectivity index (χ2v) is 6.43. The fraction of sp³-hybridized carbons (Fsp3) is 0.300. The van der Waals surface area contributed by atoms with Crippen molar-refractivity contribution >= 4 is 22.7 Å². The summed E-state index contributed by atoms with van der Waals surface area (Å²) in [5.41, 5.74) is 3.26. The van der Waals surface area contributed by atoms with Crippen LogP contribution >= 0.6 is 11.8 Å². The van der Waals surface area contributed by atoms with Crippen LogP contribution in [0.1, 0.15) is 18.9 Å². The summed E-state index contributed by atoms with van der Waals surface area (Å²) in [4.78, 5) is 1.16. The molecule has 2 aromatic carbocycles. The summed E-state index contributed by atoms with van der Waals surface area (Å²) in [5, 5.41) is 1.18. The number of fused-ring (bicyclic) bond motifs is 1. The molecule has 0 aliphatic rings. The van der Waals surface area contributed by atoms with Crippen molar-refractivity contribution in [1.82, 2.24) is 0 Å². The zero-order valence-electron chi connectivity index (χ0n) is 14.5. The topological polar surface area (TPSA) is 31.6 Å². The summed E-state index contributed by atoms with van der Waals surface area (Å²) in [6.45, 7) is 2.20. The molecule has 0 fully saturated rings. The zero-order valence-corrected chi connectivity index (χ0v) is 15.3. The van der Waals surface area contributed by atoms with E-state index in [2.05, 4.69) is 31.4 Å². The summed E-state index contributed by atoms with van der Waals surface area (Å²) < 4.78 is 16.9. The van der Waals surface area contributed by atoms with Gasteiger partial charge in [-0.1, -0.05) is 19.4 Å². The van der Waals surface area contributed by atoms with Gasteiger partial charge in [0.25, 0.3) is 0 Å². The Labute approximate surface area is 147 Å². The molecule has 4 heteroatoms. The van der Waals surface area contributed by atoms with Gasteiger partial charge in [-0.15, -0.1) is 11.8 Å². The number of thioether (sulfide) groups is 1. The van der Waals surface area contributed by atoms with Crippen molar-refractivity contribution in [2.45, 2.75) is 24.7 Å². The standard InChI is InChI=1S/C20H22O3S/c1-5-6-13-7-9-16-15(11-13)20(24-4)19(23-16)14-8-10-17(21-2)18(12-14)22-3/h7-12H,5-6H2,1-4H3. The van der Waals surface area contributed by atoms with Gasteiger partial charge in [-0.25, -0.2) is 0 Å². The van der Waals surface area contributed by atoms with E-state index in [0.29, 0.717) is 11.5 Å². The van der Waals surface area contributed by atoms with Crippen LogP contribution in [0.3, 0.4) is 0 Å². The van der Waals surface area contributed by atoms with Crippen molar-refractivity contribution in [2.24, 2.45) is 0 Å². The van der Waals surface area contributed by atoms with E-state index in [1.54, 1.807) is 26.0 Å². The molecule has 0 amide bonds. The Balaban J connectivity index is 2.15. The zero-order chi connectivity index (χ0) is 17.1. The van der Waals surface area contributed by atoms with E-state index in [4.69, 9.17) is 13.9 Å². The molecule has 0 radical (unpaired) electrons. The molecule has 0 atom stereocenters. The molecule has 3 nitrogen and oxygen atoms in total. The third-order valence-corrected chi connectivity index (χ3v) is 4.91. The lowest BCUT2D eigenvalue weighted by Crippen LogP contribution is -1.90. The molecule has 0 N–H and O–H groups in total. The van der Waals surface area contributed by atoms with Crippen molar-refractivity contribution < 1.29 is 13.9 Å². The predicted octanol–water partition coefficient (Wildman–Crippen LogP) is 5.79. The molecule has 0 unspecified atom stereocenters. The largest absolute Gasteiger partial charge is 0.493 e. The molecule has 24 heavy (non-hydrogen) atoms. The molecule has 126 valence electrons. The first kappa shape index (κ1) is 16.8. The fourth-order valence-electron chi connectivity index (χ4n) is 2.94. The normalized spacial score (nSPS) is 11.0. The van der Waals surface area contributed by atoms with Crippen molar-refractivity contribution in [2.75, 3.05) is 20.5 Å². The number of furan rings is 1. The molecule has 0 aliphatic carbocycles. The van der Waals surface area contributed by atoms with Crippen LogP contribution in [-0.4, -0.2) is 20.5 Å². The van der Waals surface area contributed by atoms with Crippen LogP contribution in [0.5, 0.6) is 11.5 Å². The monoisotopic (exact) mass is 342 g/mol. The summed E-state index contributed by atoms with van der Waals surface area (Å²) in [5.74, 6) is 2.30. The first-order chi connectivity index (χ1) is 11.7. The van der Waals surface area contributed by atoms with Crippen molar-refractivity contribution in [1.29, 1.82) is 0 Å². The van der Waals surface area contributed by atoms with Crippen LogP contribution in [0.2, 0.25) is 0 Å². The third kappa shape index (κ3) is 2.98. The number of rotatable bonds is 6. The molecule has 1 aromatic heterocycles. The van der Waals surface area contributed by atoms with Crippen LogP contribution in [-0.2, 0) is 6.42 Å². The van der Waals surface area contributed by atoms with E-state index in [0.717, 1.165) is 34.6 Å². The summed E-state index contributed by atoms with van der Waals surface area (Å²) in [6.07, 6.45) is 4.31. The molecule has 0 bridgehead atoms. The molecule has 0 spiro atoms. The van der Waals surface area contributed by atoms with E-state index in [1.807, 2.05) is 18.2 Å². The molecular formula is C20H22O3S. The van der Waals surface area contributed by atoms with Gasteiger partial charge in [0, 0.05) is 10.9 Å². The minimum absolute atomic E-state index is 0.703. The third-order valence-electron chi connectivity index (χ3n) is 4.10. The van der Waals surface area contributed by atoms with E-state index >= 15 is 0 Å². The molecule has 0 saturated heterocycles. The molecule has 3 rings (SSSR count). The summed E-state index contributed by atoms with van der Waals surface area (Å²) >= 11 is 1.71. The van der Waals surface area contributed by atoms with E-state index < -0.39 is 0 Å². The second kappa shape index (κ2) is 7.22. The van der Waals surface area contributed by atoms with Crippen molar-refractivity contribution in [3.05, 3.63) is 42.0 Å². The van der Waals surface area contributed by atoms with Gasteiger partial charge < -0.3 is 13.9 Å². The summed E-state index contributed by atoms with van der Waals surface area (Å²) in [7, 11) is 3.29. The molecular weight excluding hydrogens is 320 g/mol. The minimum Gasteiger partial charge on any atom is -0.493 e. The van der Waals surface area contributed by atoms with Crippen LogP contribution in [0.25, 0.3) is 22.3 Å². The Morgan fingerprint density at radius 3 is 2.46 bits per heavy atom. The number of aryl methyl sites for hydroxylation is 1. The Morgan fingerprint density at radius 2 is 1.79 bits per heavy atom. The molecule has 3 aromatic rings. The second-order valence-electron chi connectivity index (χ2n) is 5.61. The highest BCUT2D eigenvalue weighted by molar-refractivity contribution is 7.99. The molecule has 1 heterocycles. The van der Waals surface area contributed by atoms with Gasteiger partial charge in [0.15, 0.2) is 11.5 Å². The lowest BCUT2D eigenvalue weighted by molar-refractivity contribution is 0.355. The highest BCUT2D eigenvalue weighted by atomic mass is 32.2. The van der Waals surface area contributed by atoms with Crippen molar-refractivity contribution in [3.8, 4) is 22.8 Å². The van der Waals surface area contributed by atoms with Crippen LogP contribution in [0, 0.1) is 0 Å². The lowest BCUT2D eigenvalue weighted by Gasteiger charge is -2.09. The van der Waals surface area contributed by atoms with Gasteiger partial charge in [-0.3, -0.25) is 0 Å². The van der Waals surface area contributed by atoms with Gasteiger partial charge in [-0.05, 0) is 48.6 Å². The number of benzene rings is 2. The number of hydrogen-bond acceptors (Lipinski definition) is 4. The maximum absolute atomic E-state index is 6.17. The highest BCUT2D eigenvalue weighted by Crippen LogP contribution is 2.42. The maximum Gasteiger partial charge on any atom is 0.161 e. The number of methoxy groups -OCH3 is 2. The van der Waals surface area contributed by atoms with Crippen molar-refractivity contribution in [3.63, 3.8) is 0 Å². The van der Waals surface area contributed by atoms with E-state index in [9.17, 15) is 0 Å². The minimum atomic E-state index is 0.703. The van der Waals surface area contributed by atoms with E-state index in [-0.39, 0.29) is 0 Å². The van der Waals surface area contributed by atoms with Crippen LogP contribution < -0.4 is 9.47 Å². The van der Waals surface area contributed by atoms with Gasteiger partial charge in [-0.2, -0.15) is 0 Å².